The van der Waals surface area contributed by atoms with Gasteiger partial charge in [-0.2, -0.15) is 0 Å². The molecular weight excluding hydrogens is 486 g/mol. The van der Waals surface area contributed by atoms with Crippen molar-refractivity contribution >= 4 is 12.1 Å². The third-order valence-electron chi connectivity index (χ3n) is 6.59. The van der Waals surface area contributed by atoms with E-state index in [1.807, 2.05) is 20.8 Å². The monoisotopic (exact) mass is 526 g/mol. The molecule has 2 unspecified atom stereocenters. The number of carbonyl (C=O) groups is 2. The van der Waals surface area contributed by atoms with E-state index >= 15 is 0 Å². The molecule has 0 spiro atoms. The van der Waals surface area contributed by atoms with E-state index in [2.05, 4.69) is 10.6 Å². The number of nitrogens with one attached hydrogen (secondary N) is 2. The Morgan fingerprint density at radius 1 is 1.11 bits per heavy atom. The Balaban J connectivity index is 1.53. The lowest BCUT2D eigenvalue weighted by atomic mass is 9.82. The Morgan fingerprint density at radius 3 is 2.51 bits per heavy atom. The first-order valence-corrected chi connectivity index (χ1v) is 13.2. The second-order valence-electron chi connectivity index (χ2n) is 10.7. The lowest BCUT2D eigenvalue weighted by Gasteiger charge is -2.36. The fraction of sp³-hybridized carbons (Fsp3) is 0.704. The molecule has 1 aromatic carbocycles. The summed E-state index contributed by atoms with van der Waals surface area (Å²) in [5, 5.41) is 6.40. The van der Waals surface area contributed by atoms with Gasteiger partial charge in [0, 0.05) is 17.7 Å². The molecule has 2 fully saturated rings. The first-order chi connectivity index (χ1) is 17.6. The summed E-state index contributed by atoms with van der Waals surface area (Å²) in [6.45, 7) is 8.21. The Kier molecular flexibility index (Phi) is 10.5. The molecule has 208 valence electrons. The standard InChI is InChI=1S/C27H40F2N2O6/c1-5-34-24(32)16-36-25-20(13-18(28)14-21(25)29)17-8-10-19(11-9-17)35-15-23-22(7-6-12-30-23)31-26(33)37-27(2,3)4/h13-14,17,19,22-23,30H,5-12,15-16H2,1-4H3,(H,31,33). The molecule has 0 aromatic heterocycles. The van der Waals surface area contributed by atoms with Crippen LogP contribution in [0, 0.1) is 11.6 Å². The molecule has 10 heteroatoms. The normalized spacial score (nSPS) is 24.3. The van der Waals surface area contributed by atoms with Crippen molar-refractivity contribution < 1.29 is 37.3 Å². The SMILES string of the molecule is CCOC(=O)COc1c(F)cc(F)cc1C1CCC(OCC2NCCCC2NC(=O)OC(C)(C)C)CC1. The van der Waals surface area contributed by atoms with Crippen molar-refractivity contribution in [3.8, 4) is 5.75 Å². The van der Waals surface area contributed by atoms with Gasteiger partial charge in [-0.1, -0.05) is 0 Å². The molecule has 0 radical (unpaired) electrons. The molecule has 1 saturated carbocycles. The average molecular weight is 527 g/mol. The van der Waals surface area contributed by atoms with Crippen molar-refractivity contribution in [1.82, 2.24) is 10.6 Å². The van der Waals surface area contributed by atoms with Gasteiger partial charge in [-0.15, -0.1) is 0 Å². The third-order valence-corrected chi connectivity index (χ3v) is 6.59. The highest BCUT2D eigenvalue weighted by Gasteiger charge is 2.31. The first-order valence-electron chi connectivity index (χ1n) is 13.2. The van der Waals surface area contributed by atoms with E-state index in [0.29, 0.717) is 25.0 Å². The van der Waals surface area contributed by atoms with Crippen molar-refractivity contribution in [2.24, 2.45) is 0 Å². The molecule has 2 aliphatic rings. The predicted molar refractivity (Wildman–Crippen MR) is 134 cm³/mol. The van der Waals surface area contributed by atoms with Crippen LogP contribution in [0.15, 0.2) is 12.1 Å². The van der Waals surface area contributed by atoms with E-state index < -0.39 is 35.9 Å². The Morgan fingerprint density at radius 2 is 1.84 bits per heavy atom. The number of hydrogen-bond donors (Lipinski definition) is 2. The van der Waals surface area contributed by atoms with Crippen molar-refractivity contribution in [2.45, 2.75) is 95.9 Å². The summed E-state index contributed by atoms with van der Waals surface area (Å²) in [5.41, 5.74) is -0.138. The molecule has 2 atom stereocenters. The molecule has 37 heavy (non-hydrogen) atoms. The summed E-state index contributed by atoms with van der Waals surface area (Å²) in [7, 11) is 0. The van der Waals surface area contributed by atoms with Gasteiger partial charge in [-0.05, 0) is 84.7 Å². The number of ether oxygens (including phenoxy) is 4. The van der Waals surface area contributed by atoms with Crippen LogP contribution in [0.4, 0.5) is 13.6 Å². The van der Waals surface area contributed by atoms with Gasteiger partial charge in [0.1, 0.15) is 11.4 Å². The minimum Gasteiger partial charge on any atom is -0.479 e. The highest BCUT2D eigenvalue weighted by atomic mass is 19.1. The van der Waals surface area contributed by atoms with Crippen LogP contribution >= 0.6 is 0 Å². The maximum absolute atomic E-state index is 14.5. The largest absolute Gasteiger partial charge is 0.479 e. The van der Waals surface area contributed by atoms with Gasteiger partial charge in [-0.25, -0.2) is 18.4 Å². The number of hydrogen-bond acceptors (Lipinski definition) is 7. The minimum atomic E-state index is -0.829. The van der Waals surface area contributed by atoms with Gasteiger partial charge in [0.15, 0.2) is 18.2 Å². The number of esters is 1. The summed E-state index contributed by atoms with van der Waals surface area (Å²) in [5.74, 6) is -2.33. The van der Waals surface area contributed by atoms with Gasteiger partial charge < -0.3 is 29.6 Å². The van der Waals surface area contributed by atoms with Crippen LogP contribution in [-0.2, 0) is 19.0 Å². The molecule has 8 nitrogen and oxygen atoms in total. The number of piperidine rings is 1. The highest BCUT2D eigenvalue weighted by Crippen LogP contribution is 2.40. The zero-order chi connectivity index (χ0) is 27.0. The van der Waals surface area contributed by atoms with Gasteiger partial charge in [0.25, 0.3) is 0 Å². The Labute approximate surface area is 217 Å². The molecule has 1 heterocycles. The smallest absolute Gasteiger partial charge is 0.407 e. The number of alkyl carbamates (subject to hydrolysis) is 1. The second kappa shape index (κ2) is 13.4. The molecule has 3 rings (SSSR count). The van der Waals surface area contributed by atoms with Crippen molar-refractivity contribution in [1.29, 1.82) is 0 Å². The van der Waals surface area contributed by atoms with Gasteiger partial charge >= 0.3 is 12.1 Å². The number of benzene rings is 1. The van der Waals surface area contributed by atoms with Crippen LogP contribution in [0.3, 0.4) is 0 Å². The Bertz CT molecular complexity index is 915. The van der Waals surface area contributed by atoms with E-state index in [4.69, 9.17) is 18.9 Å². The molecule has 1 aliphatic carbocycles. The number of rotatable bonds is 9. The molecular formula is C27H40F2N2O6. The predicted octanol–water partition coefficient (Wildman–Crippen LogP) is 4.59. The summed E-state index contributed by atoms with van der Waals surface area (Å²) in [6.07, 6.45) is 4.13. The fourth-order valence-corrected chi connectivity index (χ4v) is 4.91. The number of halogens is 2. The topological polar surface area (TPSA) is 95.1 Å². The maximum Gasteiger partial charge on any atom is 0.407 e. The number of amides is 1. The zero-order valence-electron chi connectivity index (χ0n) is 22.2. The van der Waals surface area contributed by atoms with Crippen molar-refractivity contribution in [3.05, 3.63) is 29.3 Å². The maximum atomic E-state index is 14.5. The minimum absolute atomic E-state index is 0.00413. The summed E-state index contributed by atoms with van der Waals surface area (Å²) in [4.78, 5) is 23.9. The fourth-order valence-electron chi connectivity index (χ4n) is 4.91. The highest BCUT2D eigenvalue weighted by molar-refractivity contribution is 5.71. The Hall–Kier alpha value is -2.46. The first kappa shape index (κ1) is 29.1. The van der Waals surface area contributed by atoms with Crippen LogP contribution in [-0.4, -0.2) is 62.2 Å². The summed E-state index contributed by atoms with van der Waals surface area (Å²) in [6, 6.07) is 1.93. The average Bonchev–Trinajstić information content (AvgIpc) is 2.82. The number of carbonyl (C=O) groups excluding carboxylic acids is 2. The molecule has 1 saturated heterocycles. The van der Waals surface area contributed by atoms with Gasteiger partial charge in [0.05, 0.1) is 25.4 Å². The second-order valence-corrected chi connectivity index (χ2v) is 10.7. The van der Waals surface area contributed by atoms with Crippen LogP contribution < -0.4 is 15.4 Å². The molecule has 1 aliphatic heterocycles. The van der Waals surface area contributed by atoms with E-state index in [0.717, 1.165) is 38.3 Å². The van der Waals surface area contributed by atoms with Crippen LogP contribution in [0.25, 0.3) is 0 Å². The van der Waals surface area contributed by atoms with Crippen molar-refractivity contribution in [2.75, 3.05) is 26.4 Å². The lowest BCUT2D eigenvalue weighted by molar-refractivity contribution is -0.145. The van der Waals surface area contributed by atoms with Gasteiger partial charge in [-0.3, -0.25) is 0 Å². The van der Waals surface area contributed by atoms with Crippen LogP contribution in [0.1, 0.15) is 77.7 Å². The lowest BCUT2D eigenvalue weighted by Crippen LogP contribution is -2.56. The van der Waals surface area contributed by atoms with Gasteiger partial charge in [0.2, 0.25) is 0 Å². The van der Waals surface area contributed by atoms with E-state index in [1.54, 1.807) is 6.92 Å². The van der Waals surface area contributed by atoms with Crippen LogP contribution in [0.2, 0.25) is 0 Å². The zero-order valence-corrected chi connectivity index (χ0v) is 22.2. The van der Waals surface area contributed by atoms with E-state index in [9.17, 15) is 18.4 Å². The summed E-state index contributed by atoms with van der Waals surface area (Å²) < 4.78 is 50.4. The quantitative estimate of drug-likeness (QED) is 0.454. The summed E-state index contributed by atoms with van der Waals surface area (Å²) >= 11 is 0. The van der Waals surface area contributed by atoms with Crippen LogP contribution in [0.5, 0.6) is 5.75 Å². The third kappa shape index (κ3) is 9.10. The van der Waals surface area contributed by atoms with E-state index in [1.165, 1.54) is 6.07 Å². The van der Waals surface area contributed by atoms with Crippen molar-refractivity contribution in [3.63, 3.8) is 0 Å². The molecule has 1 amide bonds. The van der Waals surface area contributed by atoms with E-state index in [-0.39, 0.29) is 36.5 Å². The molecule has 0 bridgehead atoms. The molecule has 1 aromatic rings. The molecule has 2 N–H and O–H groups in total.